The van der Waals surface area contributed by atoms with Crippen LogP contribution in [0.4, 0.5) is 0 Å². The lowest BCUT2D eigenvalue weighted by atomic mass is 10.2. The lowest BCUT2D eigenvalue weighted by Gasteiger charge is -2.07. The Kier molecular flexibility index (Phi) is 6.80. The van der Waals surface area contributed by atoms with Gasteiger partial charge in [0.1, 0.15) is 6.54 Å². The monoisotopic (exact) mass is 374 g/mol. The number of benzene rings is 1. The van der Waals surface area contributed by atoms with E-state index in [4.69, 9.17) is 5.73 Å². The lowest BCUT2D eigenvalue weighted by Crippen LogP contribution is -2.33. The normalized spacial score (nSPS) is 10.2. The zero-order valence-electron chi connectivity index (χ0n) is 11.2. The Labute approximate surface area is 136 Å². The van der Waals surface area contributed by atoms with Crippen molar-refractivity contribution in [2.75, 3.05) is 13.1 Å². The third kappa shape index (κ3) is 4.52. The molecule has 6 nitrogen and oxygen atoms in total. The molecule has 2 aromatic rings. The van der Waals surface area contributed by atoms with Gasteiger partial charge in [-0.05, 0) is 31.2 Å². The Hall–Kier alpha value is -1.44. The SMILES string of the molecule is Cl.NCCCNC(=O)Cn1cnc2ccc(Br)cc2c1=O. The van der Waals surface area contributed by atoms with Crippen LogP contribution in [0.2, 0.25) is 0 Å². The van der Waals surface area contributed by atoms with E-state index < -0.39 is 0 Å². The van der Waals surface area contributed by atoms with Gasteiger partial charge in [0.15, 0.2) is 0 Å². The van der Waals surface area contributed by atoms with Crippen molar-refractivity contribution in [2.45, 2.75) is 13.0 Å². The Morgan fingerprint density at radius 3 is 2.90 bits per heavy atom. The topological polar surface area (TPSA) is 90.0 Å². The van der Waals surface area contributed by atoms with Gasteiger partial charge in [-0.15, -0.1) is 12.4 Å². The minimum absolute atomic E-state index is 0. The fourth-order valence-corrected chi connectivity index (χ4v) is 2.15. The highest BCUT2D eigenvalue weighted by molar-refractivity contribution is 9.10. The van der Waals surface area contributed by atoms with Crippen LogP contribution in [0, 0.1) is 0 Å². The standard InChI is InChI=1S/C13H15BrN4O2.ClH/c14-9-2-3-11-10(6-9)13(20)18(8-17-11)7-12(19)16-5-1-4-15;/h2-3,6,8H,1,4-5,7,15H2,(H,16,19);1H. The summed E-state index contributed by atoms with van der Waals surface area (Å²) in [5, 5.41) is 3.19. The van der Waals surface area contributed by atoms with Gasteiger partial charge >= 0.3 is 0 Å². The van der Waals surface area contributed by atoms with E-state index in [1.165, 1.54) is 10.9 Å². The number of amides is 1. The van der Waals surface area contributed by atoms with E-state index in [9.17, 15) is 9.59 Å². The van der Waals surface area contributed by atoms with Crippen molar-refractivity contribution < 1.29 is 4.79 Å². The molecule has 0 unspecified atom stereocenters. The lowest BCUT2D eigenvalue weighted by molar-refractivity contribution is -0.121. The van der Waals surface area contributed by atoms with Crippen molar-refractivity contribution in [3.63, 3.8) is 0 Å². The summed E-state index contributed by atoms with van der Waals surface area (Å²) < 4.78 is 2.10. The molecule has 1 aromatic carbocycles. The second-order valence-corrected chi connectivity index (χ2v) is 5.25. The molecule has 0 saturated heterocycles. The van der Waals surface area contributed by atoms with Crippen LogP contribution in [0.5, 0.6) is 0 Å². The highest BCUT2D eigenvalue weighted by atomic mass is 79.9. The van der Waals surface area contributed by atoms with Crippen LogP contribution < -0.4 is 16.6 Å². The number of carbonyl (C=O) groups is 1. The quantitative estimate of drug-likeness (QED) is 0.764. The first-order valence-corrected chi connectivity index (χ1v) is 7.02. The molecule has 0 atom stereocenters. The maximum atomic E-state index is 12.2. The van der Waals surface area contributed by atoms with Crippen LogP contribution >= 0.6 is 28.3 Å². The number of nitrogens with zero attached hydrogens (tertiary/aromatic N) is 2. The van der Waals surface area contributed by atoms with E-state index in [2.05, 4.69) is 26.2 Å². The molecule has 1 heterocycles. The van der Waals surface area contributed by atoms with E-state index >= 15 is 0 Å². The molecule has 0 bridgehead atoms. The van der Waals surface area contributed by atoms with Gasteiger partial charge in [-0.1, -0.05) is 15.9 Å². The summed E-state index contributed by atoms with van der Waals surface area (Å²) in [7, 11) is 0. The first-order valence-electron chi connectivity index (χ1n) is 6.23. The molecule has 21 heavy (non-hydrogen) atoms. The number of nitrogens with two attached hydrogens (primary N) is 1. The summed E-state index contributed by atoms with van der Waals surface area (Å²) in [5.74, 6) is -0.225. The number of aromatic nitrogens is 2. The number of hydrogen-bond donors (Lipinski definition) is 2. The average Bonchev–Trinajstić information content (AvgIpc) is 2.43. The van der Waals surface area contributed by atoms with Crippen molar-refractivity contribution in [2.24, 2.45) is 5.73 Å². The molecule has 0 spiro atoms. The van der Waals surface area contributed by atoms with Gasteiger partial charge in [0.05, 0.1) is 17.2 Å². The average molecular weight is 376 g/mol. The summed E-state index contributed by atoms with van der Waals surface area (Å²) in [4.78, 5) is 28.1. The molecule has 3 N–H and O–H groups in total. The molecule has 1 amide bonds. The zero-order valence-corrected chi connectivity index (χ0v) is 13.6. The van der Waals surface area contributed by atoms with Gasteiger partial charge in [0, 0.05) is 11.0 Å². The number of rotatable bonds is 5. The molecule has 8 heteroatoms. The second-order valence-electron chi connectivity index (χ2n) is 4.33. The van der Waals surface area contributed by atoms with Gasteiger partial charge in [-0.3, -0.25) is 14.2 Å². The molecular weight excluding hydrogens is 360 g/mol. The van der Waals surface area contributed by atoms with Gasteiger partial charge < -0.3 is 11.1 Å². The number of carbonyl (C=O) groups excluding carboxylic acids is 1. The Bertz CT molecular complexity index is 689. The molecule has 0 saturated carbocycles. The molecule has 114 valence electrons. The predicted octanol–water partition coefficient (Wildman–Crippen LogP) is 1.05. The first kappa shape index (κ1) is 17.6. The maximum absolute atomic E-state index is 12.2. The third-order valence-electron chi connectivity index (χ3n) is 2.80. The molecule has 2 rings (SSSR count). The molecular formula is C13H16BrClN4O2. The number of nitrogens with one attached hydrogen (secondary N) is 1. The van der Waals surface area contributed by atoms with E-state index in [1.807, 2.05) is 6.07 Å². The van der Waals surface area contributed by atoms with Crippen LogP contribution in [0.25, 0.3) is 10.9 Å². The van der Waals surface area contributed by atoms with E-state index in [0.29, 0.717) is 30.4 Å². The largest absolute Gasteiger partial charge is 0.355 e. The number of halogens is 2. The van der Waals surface area contributed by atoms with Crippen molar-refractivity contribution >= 4 is 45.1 Å². The molecule has 0 aliphatic heterocycles. The summed E-state index contributed by atoms with van der Waals surface area (Å²) in [5.41, 5.74) is 5.72. The Balaban J connectivity index is 0.00000220. The van der Waals surface area contributed by atoms with Crippen LogP contribution in [0.15, 0.2) is 33.8 Å². The minimum Gasteiger partial charge on any atom is -0.355 e. The van der Waals surface area contributed by atoms with E-state index in [1.54, 1.807) is 12.1 Å². The summed E-state index contributed by atoms with van der Waals surface area (Å²) in [6.07, 6.45) is 2.10. The molecule has 0 aliphatic rings. The van der Waals surface area contributed by atoms with Crippen molar-refractivity contribution in [1.82, 2.24) is 14.9 Å². The second kappa shape index (κ2) is 8.11. The minimum atomic E-state index is -0.231. The predicted molar refractivity (Wildman–Crippen MR) is 87.6 cm³/mol. The van der Waals surface area contributed by atoms with E-state index in [0.717, 1.165) is 4.47 Å². The van der Waals surface area contributed by atoms with Crippen molar-refractivity contribution in [1.29, 1.82) is 0 Å². The van der Waals surface area contributed by atoms with Crippen LogP contribution in [0.1, 0.15) is 6.42 Å². The third-order valence-corrected chi connectivity index (χ3v) is 3.30. The van der Waals surface area contributed by atoms with Crippen molar-refractivity contribution in [3.8, 4) is 0 Å². The molecule has 0 aliphatic carbocycles. The Morgan fingerprint density at radius 1 is 1.43 bits per heavy atom. The van der Waals surface area contributed by atoms with Gasteiger partial charge in [-0.2, -0.15) is 0 Å². The number of hydrogen-bond acceptors (Lipinski definition) is 4. The molecule has 0 radical (unpaired) electrons. The van der Waals surface area contributed by atoms with Crippen LogP contribution in [-0.4, -0.2) is 28.5 Å². The molecule has 0 fully saturated rings. The Morgan fingerprint density at radius 2 is 2.19 bits per heavy atom. The summed E-state index contributed by atoms with van der Waals surface area (Å²) in [6.45, 7) is 0.987. The van der Waals surface area contributed by atoms with Gasteiger partial charge in [0.25, 0.3) is 5.56 Å². The maximum Gasteiger partial charge on any atom is 0.261 e. The zero-order chi connectivity index (χ0) is 14.5. The van der Waals surface area contributed by atoms with Crippen LogP contribution in [0.3, 0.4) is 0 Å². The molecule has 1 aromatic heterocycles. The van der Waals surface area contributed by atoms with E-state index in [-0.39, 0.29) is 30.4 Å². The van der Waals surface area contributed by atoms with Crippen LogP contribution in [-0.2, 0) is 11.3 Å². The smallest absolute Gasteiger partial charge is 0.261 e. The highest BCUT2D eigenvalue weighted by Crippen LogP contribution is 2.14. The fourth-order valence-electron chi connectivity index (χ4n) is 1.78. The fraction of sp³-hybridized carbons (Fsp3) is 0.308. The summed E-state index contributed by atoms with van der Waals surface area (Å²) in [6, 6.07) is 5.28. The number of fused-ring (bicyclic) bond motifs is 1. The van der Waals surface area contributed by atoms with Gasteiger partial charge in [0.2, 0.25) is 5.91 Å². The summed E-state index contributed by atoms with van der Waals surface area (Å²) >= 11 is 3.32. The van der Waals surface area contributed by atoms with Crippen molar-refractivity contribution in [3.05, 3.63) is 39.4 Å². The highest BCUT2D eigenvalue weighted by Gasteiger charge is 2.08. The first-order chi connectivity index (χ1) is 9.61. The van der Waals surface area contributed by atoms with Gasteiger partial charge in [-0.25, -0.2) is 4.98 Å².